The fourth-order valence-electron chi connectivity index (χ4n) is 1.35. The van der Waals surface area contributed by atoms with Gasteiger partial charge < -0.3 is 15.2 Å². The van der Waals surface area contributed by atoms with E-state index < -0.39 is 0 Å². The van der Waals surface area contributed by atoms with Crippen molar-refractivity contribution in [1.29, 1.82) is 0 Å². The van der Waals surface area contributed by atoms with Crippen molar-refractivity contribution in [1.82, 2.24) is 10.2 Å². The number of ether oxygens (including phenoxy) is 2. The molecule has 0 aliphatic rings. The molecular formula is C12H13N3O2. The summed E-state index contributed by atoms with van der Waals surface area (Å²) in [5, 5.41) is 7.66. The molecular weight excluding hydrogens is 218 g/mol. The summed E-state index contributed by atoms with van der Waals surface area (Å²) in [5.74, 6) is 1.64. The number of hydrogen-bond donors (Lipinski definition) is 1. The fourth-order valence-corrected chi connectivity index (χ4v) is 1.35. The first-order chi connectivity index (χ1) is 8.19. The van der Waals surface area contributed by atoms with Gasteiger partial charge in [0.15, 0.2) is 5.75 Å². The molecule has 88 valence electrons. The second kappa shape index (κ2) is 4.69. The van der Waals surface area contributed by atoms with Crippen LogP contribution < -0.4 is 15.2 Å². The quantitative estimate of drug-likeness (QED) is 0.820. The zero-order valence-electron chi connectivity index (χ0n) is 9.68. The topological polar surface area (TPSA) is 70.3 Å². The van der Waals surface area contributed by atoms with E-state index in [4.69, 9.17) is 15.2 Å². The van der Waals surface area contributed by atoms with Crippen molar-refractivity contribution in [3.05, 3.63) is 36.0 Å². The standard InChI is InChI=1S/C12H13N3O2/c1-8-5-12(15-14-7-8)17-11-4-3-9(16-2)6-10(11)13/h3-7H,13H2,1-2H3. The van der Waals surface area contributed by atoms with E-state index in [-0.39, 0.29) is 0 Å². The summed E-state index contributed by atoms with van der Waals surface area (Å²) < 4.78 is 10.6. The molecule has 5 nitrogen and oxygen atoms in total. The van der Waals surface area contributed by atoms with Gasteiger partial charge in [0, 0.05) is 12.1 Å². The molecule has 1 aromatic carbocycles. The zero-order chi connectivity index (χ0) is 12.3. The second-order valence-corrected chi connectivity index (χ2v) is 3.58. The molecule has 0 unspecified atom stereocenters. The first kappa shape index (κ1) is 11.2. The van der Waals surface area contributed by atoms with Crippen LogP contribution in [0.1, 0.15) is 5.56 Å². The van der Waals surface area contributed by atoms with E-state index in [1.54, 1.807) is 37.6 Å². The van der Waals surface area contributed by atoms with Crippen molar-refractivity contribution in [3.63, 3.8) is 0 Å². The molecule has 0 saturated carbocycles. The number of nitrogen functional groups attached to an aromatic ring is 1. The van der Waals surface area contributed by atoms with Gasteiger partial charge in [0.25, 0.3) is 0 Å². The van der Waals surface area contributed by atoms with E-state index in [1.807, 2.05) is 6.92 Å². The number of hydrogen-bond acceptors (Lipinski definition) is 5. The van der Waals surface area contributed by atoms with Crippen LogP contribution in [0.2, 0.25) is 0 Å². The predicted molar refractivity (Wildman–Crippen MR) is 64.2 cm³/mol. The van der Waals surface area contributed by atoms with Gasteiger partial charge in [-0.1, -0.05) is 0 Å². The zero-order valence-corrected chi connectivity index (χ0v) is 9.68. The number of aromatic nitrogens is 2. The van der Waals surface area contributed by atoms with Crippen LogP contribution in [0.3, 0.4) is 0 Å². The van der Waals surface area contributed by atoms with Gasteiger partial charge in [0.05, 0.1) is 19.0 Å². The van der Waals surface area contributed by atoms with E-state index >= 15 is 0 Å². The van der Waals surface area contributed by atoms with Crippen molar-refractivity contribution >= 4 is 5.69 Å². The van der Waals surface area contributed by atoms with E-state index in [0.29, 0.717) is 23.1 Å². The van der Waals surface area contributed by atoms with Crippen molar-refractivity contribution in [2.75, 3.05) is 12.8 Å². The maximum absolute atomic E-state index is 5.83. The maximum atomic E-state index is 5.83. The Morgan fingerprint density at radius 2 is 2.06 bits per heavy atom. The monoisotopic (exact) mass is 231 g/mol. The Balaban J connectivity index is 2.24. The Morgan fingerprint density at radius 1 is 1.24 bits per heavy atom. The first-order valence-corrected chi connectivity index (χ1v) is 5.10. The summed E-state index contributed by atoms with van der Waals surface area (Å²) in [6.07, 6.45) is 1.66. The maximum Gasteiger partial charge on any atom is 0.239 e. The minimum Gasteiger partial charge on any atom is -0.497 e. The molecule has 1 heterocycles. The van der Waals surface area contributed by atoms with Crippen LogP contribution >= 0.6 is 0 Å². The Morgan fingerprint density at radius 3 is 2.71 bits per heavy atom. The lowest BCUT2D eigenvalue weighted by molar-refractivity contribution is 0.412. The van der Waals surface area contributed by atoms with Crippen molar-refractivity contribution in [2.24, 2.45) is 0 Å². The van der Waals surface area contributed by atoms with Crippen LogP contribution in [0.5, 0.6) is 17.4 Å². The molecule has 0 radical (unpaired) electrons. The Hall–Kier alpha value is -2.30. The lowest BCUT2D eigenvalue weighted by Crippen LogP contribution is -1.96. The van der Waals surface area contributed by atoms with Crippen molar-refractivity contribution in [2.45, 2.75) is 6.92 Å². The summed E-state index contributed by atoms with van der Waals surface area (Å²) in [6, 6.07) is 6.99. The minimum absolute atomic E-state index is 0.418. The Kier molecular flexibility index (Phi) is 3.09. The smallest absolute Gasteiger partial charge is 0.239 e. The molecule has 0 spiro atoms. The molecule has 2 aromatic rings. The van der Waals surface area contributed by atoms with Gasteiger partial charge in [-0.25, -0.2) is 0 Å². The highest BCUT2D eigenvalue weighted by Gasteiger charge is 2.05. The van der Waals surface area contributed by atoms with Gasteiger partial charge >= 0.3 is 0 Å². The summed E-state index contributed by atoms with van der Waals surface area (Å²) in [7, 11) is 1.58. The normalized spacial score (nSPS) is 10.0. The number of benzene rings is 1. The SMILES string of the molecule is COc1ccc(Oc2cc(C)cnn2)c(N)c1. The van der Waals surface area contributed by atoms with Crippen molar-refractivity contribution in [3.8, 4) is 17.4 Å². The molecule has 0 bridgehead atoms. The van der Waals surface area contributed by atoms with Crippen LogP contribution in [0.4, 0.5) is 5.69 Å². The van der Waals surface area contributed by atoms with Gasteiger partial charge in [-0.2, -0.15) is 5.10 Å². The molecule has 0 saturated heterocycles. The Labute approximate surface area is 99.2 Å². The van der Waals surface area contributed by atoms with Crippen LogP contribution in [-0.4, -0.2) is 17.3 Å². The van der Waals surface area contributed by atoms with E-state index in [1.165, 1.54) is 0 Å². The molecule has 2 rings (SSSR count). The molecule has 5 heteroatoms. The van der Waals surface area contributed by atoms with Gasteiger partial charge in [0.1, 0.15) is 5.75 Å². The molecule has 0 aliphatic heterocycles. The molecule has 17 heavy (non-hydrogen) atoms. The Bertz CT molecular complexity index is 529. The largest absolute Gasteiger partial charge is 0.497 e. The van der Waals surface area contributed by atoms with Gasteiger partial charge in [-0.05, 0) is 24.6 Å². The number of nitrogens with zero attached hydrogens (tertiary/aromatic N) is 2. The van der Waals surface area contributed by atoms with Crippen LogP contribution in [-0.2, 0) is 0 Å². The predicted octanol–water partition coefficient (Wildman–Crippen LogP) is 2.17. The van der Waals surface area contributed by atoms with Gasteiger partial charge in [-0.15, -0.1) is 5.10 Å². The molecule has 1 aromatic heterocycles. The second-order valence-electron chi connectivity index (χ2n) is 3.58. The molecule has 0 atom stereocenters. The average molecular weight is 231 g/mol. The molecule has 0 fully saturated rings. The minimum atomic E-state index is 0.418. The van der Waals surface area contributed by atoms with Crippen LogP contribution in [0.15, 0.2) is 30.5 Å². The number of anilines is 1. The lowest BCUT2D eigenvalue weighted by atomic mass is 10.3. The first-order valence-electron chi connectivity index (χ1n) is 5.10. The van der Waals surface area contributed by atoms with Crippen molar-refractivity contribution < 1.29 is 9.47 Å². The molecule has 0 aliphatic carbocycles. The third-order valence-electron chi connectivity index (χ3n) is 2.20. The average Bonchev–Trinajstić information content (AvgIpc) is 2.32. The molecule has 2 N–H and O–H groups in total. The summed E-state index contributed by atoms with van der Waals surface area (Å²) >= 11 is 0. The summed E-state index contributed by atoms with van der Waals surface area (Å²) in [5.41, 5.74) is 7.30. The number of nitrogens with two attached hydrogens (primary N) is 1. The van der Waals surface area contributed by atoms with Gasteiger partial charge in [0.2, 0.25) is 5.88 Å². The van der Waals surface area contributed by atoms with E-state index in [2.05, 4.69) is 10.2 Å². The fraction of sp³-hybridized carbons (Fsp3) is 0.167. The third kappa shape index (κ3) is 2.63. The van der Waals surface area contributed by atoms with Gasteiger partial charge in [-0.3, -0.25) is 0 Å². The molecule has 0 amide bonds. The van der Waals surface area contributed by atoms with Crippen LogP contribution in [0, 0.1) is 6.92 Å². The number of rotatable bonds is 3. The third-order valence-corrected chi connectivity index (χ3v) is 2.20. The highest BCUT2D eigenvalue weighted by atomic mass is 16.5. The summed E-state index contributed by atoms with van der Waals surface area (Å²) in [4.78, 5) is 0. The number of methoxy groups -OCH3 is 1. The van der Waals surface area contributed by atoms with E-state index in [9.17, 15) is 0 Å². The van der Waals surface area contributed by atoms with Crippen LogP contribution in [0.25, 0.3) is 0 Å². The highest BCUT2D eigenvalue weighted by Crippen LogP contribution is 2.29. The summed E-state index contributed by atoms with van der Waals surface area (Å²) in [6.45, 7) is 1.92. The highest BCUT2D eigenvalue weighted by molar-refractivity contribution is 5.57. The lowest BCUT2D eigenvalue weighted by Gasteiger charge is -2.08. The number of aryl methyl sites for hydroxylation is 1. The van der Waals surface area contributed by atoms with E-state index in [0.717, 1.165) is 5.56 Å².